The van der Waals surface area contributed by atoms with Crippen molar-refractivity contribution in [1.82, 2.24) is 0 Å². The molecule has 6 nitrogen and oxygen atoms in total. The van der Waals surface area contributed by atoms with Crippen molar-refractivity contribution < 1.29 is 0 Å². The summed E-state index contributed by atoms with van der Waals surface area (Å²) in [5, 5.41) is 11.8. The number of hydrogen-bond donors (Lipinski definition) is 0. The maximum atomic E-state index is 2.41. The second kappa shape index (κ2) is 31.0. The first-order valence-electron chi connectivity index (χ1n) is 39.6. The van der Waals surface area contributed by atoms with Crippen molar-refractivity contribution in [1.29, 1.82) is 0 Å². The third-order valence-electron chi connectivity index (χ3n) is 22.2. The zero-order valence-corrected chi connectivity index (χ0v) is 63.7. The van der Waals surface area contributed by atoms with Gasteiger partial charge in [0.05, 0.1) is 11.4 Å². The van der Waals surface area contributed by atoms with Gasteiger partial charge in [0.2, 0.25) is 0 Å². The molecule has 0 aliphatic heterocycles. The molecule has 0 unspecified atom stereocenters. The van der Waals surface area contributed by atoms with Crippen molar-refractivity contribution >= 4 is 156 Å². The van der Waals surface area contributed by atoms with Gasteiger partial charge >= 0.3 is 0 Å². The average molecular weight is 1480 g/mol. The highest BCUT2D eigenvalue weighted by molar-refractivity contribution is 6.04. The molecule has 0 atom stereocenters. The maximum Gasteiger partial charge on any atom is 0.0546 e. The van der Waals surface area contributed by atoms with Crippen molar-refractivity contribution in [2.45, 2.75) is 0 Å². The molecule has 116 heavy (non-hydrogen) atoms. The Hall–Kier alpha value is -15.5. The SMILES string of the molecule is c1ccc(N(c2ccc(N(c3ccc(N(c4ccccc4)c4ccc5ccccc5c4)cc3)c3ccc(N(c4cccc(-c5cc(N(c6ccccc6)c6ccc(-c7ccc(N(c8ccccc8)c8cccc9ccccc89)cc7)cc6)c6ccccc6c5)c4)c4ccc5ccccc5c4)cc3)cc2)c2ccc3ccccc3c2)cc1. The fraction of sp³-hybridized carbons (Fsp3) is 0. The second-order valence-electron chi connectivity index (χ2n) is 29.4. The minimum atomic E-state index is 1.00. The Labute approximate surface area is 676 Å². The highest BCUT2D eigenvalue weighted by Gasteiger charge is 2.24. The van der Waals surface area contributed by atoms with E-state index in [0.29, 0.717) is 0 Å². The summed E-state index contributed by atoms with van der Waals surface area (Å²) in [4.78, 5) is 14.2. The van der Waals surface area contributed by atoms with Crippen LogP contribution in [0, 0.1) is 0 Å². The number of para-hydroxylation sites is 4. The summed E-state index contributed by atoms with van der Waals surface area (Å²) >= 11 is 0. The van der Waals surface area contributed by atoms with E-state index >= 15 is 0 Å². The summed E-state index contributed by atoms with van der Waals surface area (Å²) in [6.45, 7) is 0. The van der Waals surface area contributed by atoms with E-state index in [2.05, 4.69) is 503 Å². The topological polar surface area (TPSA) is 19.4 Å². The molecule has 0 spiro atoms. The van der Waals surface area contributed by atoms with Gasteiger partial charge < -0.3 is 29.4 Å². The molecule has 0 saturated heterocycles. The van der Waals surface area contributed by atoms with E-state index in [1.807, 2.05) is 0 Å². The zero-order valence-electron chi connectivity index (χ0n) is 63.7. The van der Waals surface area contributed by atoms with Gasteiger partial charge in [0, 0.05) is 102 Å². The molecule has 20 aromatic rings. The number of hydrogen-bond acceptors (Lipinski definition) is 6. The Morgan fingerprint density at radius 1 is 0.103 bits per heavy atom. The molecule has 0 aromatic heterocycles. The molecule has 0 saturated carbocycles. The van der Waals surface area contributed by atoms with Crippen LogP contribution in [0.3, 0.4) is 0 Å². The number of anilines is 18. The largest absolute Gasteiger partial charge is 0.310 e. The lowest BCUT2D eigenvalue weighted by atomic mass is 9.97. The Morgan fingerprint density at radius 2 is 0.353 bits per heavy atom. The number of nitrogens with zero attached hydrogens (tertiary/aromatic N) is 6. The van der Waals surface area contributed by atoms with E-state index in [-0.39, 0.29) is 0 Å². The Morgan fingerprint density at radius 3 is 0.759 bits per heavy atom. The smallest absolute Gasteiger partial charge is 0.0546 e. The number of benzene rings is 20. The second-order valence-corrected chi connectivity index (χ2v) is 29.4. The van der Waals surface area contributed by atoms with Gasteiger partial charge in [-0.1, -0.05) is 261 Å². The predicted octanol–water partition coefficient (Wildman–Crippen LogP) is 31.6. The molecule has 0 fully saturated rings. The summed E-state index contributed by atoms with van der Waals surface area (Å²) in [6.07, 6.45) is 0. The molecule has 0 aliphatic carbocycles. The lowest BCUT2D eigenvalue weighted by Crippen LogP contribution is -2.14. The zero-order chi connectivity index (χ0) is 77.1. The lowest BCUT2D eigenvalue weighted by Gasteiger charge is -2.30. The summed E-state index contributed by atoms with van der Waals surface area (Å²) in [5.41, 5.74) is 23.5. The van der Waals surface area contributed by atoms with E-state index in [0.717, 1.165) is 141 Å². The summed E-state index contributed by atoms with van der Waals surface area (Å²) in [6, 6.07) is 172. The van der Waals surface area contributed by atoms with Gasteiger partial charge in [-0.3, -0.25) is 0 Å². The van der Waals surface area contributed by atoms with Crippen LogP contribution in [0.25, 0.3) is 76.1 Å². The van der Waals surface area contributed by atoms with Gasteiger partial charge in [0.25, 0.3) is 0 Å². The first kappa shape index (κ1) is 69.7. The van der Waals surface area contributed by atoms with Crippen LogP contribution in [-0.2, 0) is 0 Å². The quantitative estimate of drug-likeness (QED) is 0.0752. The lowest BCUT2D eigenvalue weighted by molar-refractivity contribution is 1.24. The highest BCUT2D eigenvalue weighted by Crippen LogP contribution is 2.48. The summed E-state index contributed by atoms with van der Waals surface area (Å²) in [5.74, 6) is 0. The summed E-state index contributed by atoms with van der Waals surface area (Å²) in [7, 11) is 0. The molecule has 20 aromatic carbocycles. The van der Waals surface area contributed by atoms with Crippen molar-refractivity contribution in [2.75, 3.05) is 29.4 Å². The molecule has 20 rings (SSSR count). The fourth-order valence-electron chi connectivity index (χ4n) is 16.6. The van der Waals surface area contributed by atoms with Crippen LogP contribution in [-0.4, -0.2) is 0 Å². The van der Waals surface area contributed by atoms with Crippen LogP contribution in [0.15, 0.2) is 473 Å². The molecule has 0 N–H and O–H groups in total. The number of fused-ring (bicyclic) bond motifs is 5. The minimum Gasteiger partial charge on any atom is -0.310 e. The Balaban J connectivity index is 0.668. The van der Waals surface area contributed by atoms with Crippen LogP contribution < -0.4 is 29.4 Å². The average Bonchev–Trinajstić information content (AvgIpc) is 0.762. The standard InChI is InChI=1S/C110H78N6/c1-5-35-91(36-6-1)112(104-58-51-79-25-13-16-29-85(79)74-104)98-67-61-95(62-68-98)111(96-63-69-99(70-64-96)113(92-37-7-2-8-38-92)105-59-52-80-26-14-17-30-86(80)75-105)97-65-71-100(72-66-97)114(106-60-53-81-27-15-18-31-87(81)76-106)103-43-23-34-88(77-103)90-73-89-32-20-22-45-108(89)110(78-90)116(94-41-11-4-12-42-94)102-56-49-83(50-57-102)82-47-54-101(55-48-82)115(93-39-9-3-10-40-93)109-46-24-33-84-28-19-21-44-107(84)109/h1-78H. The van der Waals surface area contributed by atoms with Crippen LogP contribution in [0.2, 0.25) is 0 Å². The van der Waals surface area contributed by atoms with Crippen molar-refractivity contribution in [2.24, 2.45) is 0 Å². The first-order chi connectivity index (χ1) is 57.5. The molecular formula is C110H78N6. The monoisotopic (exact) mass is 1480 g/mol. The molecule has 0 heterocycles. The van der Waals surface area contributed by atoms with Gasteiger partial charge in [-0.05, 0) is 278 Å². The van der Waals surface area contributed by atoms with E-state index in [1.54, 1.807) is 0 Å². The third-order valence-corrected chi connectivity index (χ3v) is 22.2. The minimum absolute atomic E-state index is 1.00. The fourth-order valence-corrected chi connectivity index (χ4v) is 16.6. The van der Waals surface area contributed by atoms with E-state index < -0.39 is 0 Å². The van der Waals surface area contributed by atoms with Crippen molar-refractivity contribution in [3.8, 4) is 22.3 Å². The molecule has 0 amide bonds. The van der Waals surface area contributed by atoms with E-state index in [9.17, 15) is 0 Å². The van der Waals surface area contributed by atoms with Gasteiger partial charge in [-0.15, -0.1) is 0 Å². The normalized spacial score (nSPS) is 11.3. The molecule has 6 heteroatoms. The maximum absolute atomic E-state index is 2.41. The third kappa shape index (κ3) is 13.8. The summed E-state index contributed by atoms with van der Waals surface area (Å²) < 4.78 is 0. The van der Waals surface area contributed by atoms with Crippen LogP contribution in [0.4, 0.5) is 102 Å². The molecule has 0 radical (unpaired) electrons. The molecule has 0 bridgehead atoms. The van der Waals surface area contributed by atoms with Crippen molar-refractivity contribution in [3.05, 3.63) is 473 Å². The Bertz CT molecular complexity index is 6710. The van der Waals surface area contributed by atoms with Gasteiger partial charge in [-0.25, -0.2) is 0 Å². The highest BCUT2D eigenvalue weighted by atomic mass is 15.2. The van der Waals surface area contributed by atoms with Crippen LogP contribution in [0.1, 0.15) is 0 Å². The van der Waals surface area contributed by atoms with Crippen LogP contribution >= 0.6 is 0 Å². The molecule has 548 valence electrons. The predicted molar refractivity (Wildman–Crippen MR) is 493 cm³/mol. The first-order valence-corrected chi connectivity index (χ1v) is 39.6. The molecular weight excluding hydrogens is 1410 g/mol. The van der Waals surface area contributed by atoms with Gasteiger partial charge in [-0.2, -0.15) is 0 Å². The van der Waals surface area contributed by atoms with Gasteiger partial charge in [0.15, 0.2) is 0 Å². The van der Waals surface area contributed by atoms with E-state index in [4.69, 9.17) is 0 Å². The van der Waals surface area contributed by atoms with E-state index in [1.165, 1.54) is 37.7 Å². The van der Waals surface area contributed by atoms with Gasteiger partial charge in [0.1, 0.15) is 0 Å². The Kier molecular flexibility index (Phi) is 18.6. The molecule has 0 aliphatic rings. The van der Waals surface area contributed by atoms with Crippen molar-refractivity contribution in [3.63, 3.8) is 0 Å². The number of rotatable bonds is 20. The van der Waals surface area contributed by atoms with Crippen LogP contribution in [0.5, 0.6) is 0 Å².